The fraction of sp³-hybridized carbons (Fsp3) is 0.120. The first kappa shape index (κ1) is 22.5. The van der Waals surface area contributed by atoms with Gasteiger partial charge in [0.1, 0.15) is 0 Å². The minimum Gasteiger partial charge on any atom is -0.512 e. The fourth-order valence-corrected chi connectivity index (χ4v) is 3.18. The molecule has 4 heteroatoms. The number of benzene rings is 3. The van der Waals surface area contributed by atoms with E-state index < -0.39 is 0 Å². The van der Waals surface area contributed by atoms with Crippen LogP contribution in [0.15, 0.2) is 78.7 Å². The third kappa shape index (κ3) is 5.60. The largest absolute Gasteiger partial charge is 0.512 e. The quantitative estimate of drug-likeness (QED) is 0.105. The maximum Gasteiger partial charge on any atom is 0.316 e. The van der Waals surface area contributed by atoms with Gasteiger partial charge < -0.3 is 10.1 Å². The van der Waals surface area contributed by atoms with Crippen molar-refractivity contribution >= 4 is 27.3 Å². The second-order valence-corrected chi connectivity index (χ2v) is 6.72. The number of hydrogen-bond donors (Lipinski definition) is 1. The molecule has 0 bridgehead atoms. The van der Waals surface area contributed by atoms with Gasteiger partial charge in [-0.05, 0) is 40.2 Å². The average Bonchev–Trinajstić information content (AvgIpc) is 2.67. The number of aromatic nitrogens is 1. The summed E-state index contributed by atoms with van der Waals surface area (Å²) in [4.78, 5) is 13.0. The average molecular weight is 562 g/mol. The molecule has 3 aromatic carbocycles. The van der Waals surface area contributed by atoms with Gasteiger partial charge >= 0.3 is 5.78 Å². The molecule has 0 atom stereocenters. The van der Waals surface area contributed by atoms with Crippen molar-refractivity contribution in [2.75, 3.05) is 0 Å². The molecule has 0 saturated carbocycles. The van der Waals surface area contributed by atoms with E-state index in [4.69, 9.17) is 9.90 Å². The van der Waals surface area contributed by atoms with Gasteiger partial charge in [0.25, 0.3) is 0 Å². The van der Waals surface area contributed by atoms with Crippen LogP contribution in [0.4, 0.5) is 0 Å². The van der Waals surface area contributed by atoms with Crippen LogP contribution in [-0.4, -0.2) is 20.7 Å². The smallest absolute Gasteiger partial charge is 0.316 e. The Morgan fingerprint density at radius 3 is 2.34 bits per heavy atom. The first-order valence-corrected chi connectivity index (χ1v) is 9.11. The third-order valence-electron chi connectivity index (χ3n) is 4.28. The van der Waals surface area contributed by atoms with E-state index in [2.05, 4.69) is 78.6 Å². The van der Waals surface area contributed by atoms with E-state index in [9.17, 15) is 0 Å². The van der Waals surface area contributed by atoms with Gasteiger partial charge in [0.2, 0.25) is 0 Å². The van der Waals surface area contributed by atoms with Gasteiger partial charge in [-0.15, -0.1) is 35.4 Å². The number of aryl methyl sites for hydroxylation is 1. The predicted molar refractivity (Wildman–Crippen MR) is 117 cm³/mol. The summed E-state index contributed by atoms with van der Waals surface area (Å²) >= 11 is 0. The molecule has 0 unspecified atom stereocenters. The van der Waals surface area contributed by atoms with Crippen LogP contribution in [0.3, 0.4) is 0 Å². The van der Waals surface area contributed by atoms with Crippen LogP contribution >= 0.6 is 0 Å². The normalized spacial score (nSPS) is 10.8. The number of aliphatic hydroxyl groups excluding tert-OH is 1. The third-order valence-corrected chi connectivity index (χ3v) is 4.28. The number of hydrogen-bond acceptors (Lipinski definition) is 2. The van der Waals surface area contributed by atoms with Gasteiger partial charge in [-0.1, -0.05) is 43.3 Å². The maximum atomic E-state index is 8.40. The van der Waals surface area contributed by atoms with Gasteiger partial charge in [-0.25, -0.2) is 0 Å². The zero-order chi connectivity index (χ0) is 20.1. The molecule has 4 aromatic rings. The Kier molecular flexibility index (Phi) is 7.83. The zero-order valence-corrected chi connectivity index (χ0v) is 19.0. The van der Waals surface area contributed by atoms with E-state index in [0.717, 1.165) is 16.8 Å². The van der Waals surface area contributed by atoms with Crippen molar-refractivity contribution in [3.05, 3.63) is 90.3 Å². The summed E-state index contributed by atoms with van der Waals surface area (Å²) in [5.74, 6) is 0.250. The Morgan fingerprint density at radius 2 is 1.69 bits per heavy atom. The van der Waals surface area contributed by atoms with Crippen molar-refractivity contribution in [1.82, 2.24) is 4.98 Å². The van der Waals surface area contributed by atoms with Crippen molar-refractivity contribution in [3.8, 4) is 11.3 Å². The van der Waals surface area contributed by atoms with E-state index in [-0.39, 0.29) is 31.6 Å². The van der Waals surface area contributed by atoms with Crippen LogP contribution in [0.5, 0.6) is 0 Å². The molecule has 0 spiro atoms. The second-order valence-electron chi connectivity index (χ2n) is 6.72. The molecule has 0 aliphatic rings. The number of carbonyl (C=O) groups excluding carboxylic acids is 1. The number of aliphatic hydroxyl groups is 1. The fourth-order valence-electron chi connectivity index (χ4n) is 3.18. The molecule has 0 fully saturated rings. The molecule has 2 N–H and O–H groups in total. The summed E-state index contributed by atoms with van der Waals surface area (Å²) < 4.78 is 0. The van der Waals surface area contributed by atoms with Gasteiger partial charge in [0, 0.05) is 26.3 Å². The molecule has 1 radical (unpaired) electrons. The standard InChI is InChI=1S/C20H14N.C5H8O2.Ir/c1-14-5-4-7-16(13-14)20-19-10-9-15-6-2-3-8-17(15)18(19)11-12-21-20;1-4(6)3-5(2)7;/h2-12H,1H3;3,6H,1-2H3;/q-1;;/p+1/b;4-3-;. The summed E-state index contributed by atoms with van der Waals surface area (Å²) in [5, 5.41) is 13.4. The Balaban J connectivity index is 0.000000327. The van der Waals surface area contributed by atoms with E-state index in [1.54, 1.807) is 0 Å². The molecule has 0 aliphatic heterocycles. The van der Waals surface area contributed by atoms with Gasteiger partial charge in [0.15, 0.2) is 0 Å². The van der Waals surface area contributed by atoms with Crippen molar-refractivity contribution in [2.24, 2.45) is 0 Å². The van der Waals surface area contributed by atoms with Crippen LogP contribution in [0.25, 0.3) is 32.8 Å². The summed E-state index contributed by atoms with van der Waals surface area (Å²) in [6.07, 6.45) is 3.17. The monoisotopic (exact) mass is 562 g/mol. The molecular weight excluding hydrogens is 538 g/mol. The van der Waals surface area contributed by atoms with Crippen LogP contribution in [0.2, 0.25) is 0 Å². The summed E-state index contributed by atoms with van der Waals surface area (Å²) in [7, 11) is 0. The molecule has 0 aliphatic carbocycles. The number of nitrogens with zero attached hydrogens (tertiary/aromatic N) is 1. The summed E-state index contributed by atoms with van der Waals surface area (Å²) in [6, 6.07) is 24.5. The molecule has 1 heterocycles. The maximum absolute atomic E-state index is 8.40. The van der Waals surface area contributed by atoms with Gasteiger partial charge in [-0.3, -0.25) is 4.79 Å². The van der Waals surface area contributed by atoms with Crippen molar-refractivity contribution < 1.29 is 30.0 Å². The molecule has 29 heavy (non-hydrogen) atoms. The van der Waals surface area contributed by atoms with E-state index in [1.807, 2.05) is 6.20 Å². The summed E-state index contributed by atoms with van der Waals surface area (Å²) in [6.45, 7) is 5.06. The zero-order valence-electron chi connectivity index (χ0n) is 16.6. The van der Waals surface area contributed by atoms with Crippen molar-refractivity contribution in [2.45, 2.75) is 20.8 Å². The van der Waals surface area contributed by atoms with Gasteiger partial charge in [0.05, 0.1) is 18.8 Å². The van der Waals surface area contributed by atoms with Crippen molar-refractivity contribution in [3.63, 3.8) is 0 Å². The summed E-state index contributed by atoms with van der Waals surface area (Å²) in [5.41, 5.74) is 3.19. The minimum atomic E-state index is 0. The number of allylic oxidation sites excluding steroid dienone is 2. The number of rotatable bonds is 2. The minimum absolute atomic E-state index is 0. The van der Waals surface area contributed by atoms with E-state index >= 15 is 0 Å². The topological polar surface area (TPSA) is 54.5 Å². The van der Waals surface area contributed by atoms with Crippen LogP contribution in [-0.2, 0) is 20.1 Å². The number of ketones is 1. The van der Waals surface area contributed by atoms with Gasteiger partial charge in [-0.2, -0.15) is 0 Å². The first-order valence-electron chi connectivity index (χ1n) is 9.11. The molecule has 4 rings (SSSR count). The van der Waals surface area contributed by atoms with Crippen molar-refractivity contribution in [1.29, 1.82) is 0 Å². The first-order chi connectivity index (χ1) is 13.5. The Morgan fingerprint density at radius 1 is 0.931 bits per heavy atom. The molecule has 1 aromatic heterocycles. The number of fused-ring (bicyclic) bond motifs is 3. The Labute approximate surface area is 184 Å². The molecule has 0 saturated heterocycles. The molecule has 149 valence electrons. The van der Waals surface area contributed by atoms with Crippen LogP contribution < -0.4 is 0 Å². The van der Waals surface area contributed by atoms with Crippen LogP contribution in [0, 0.1) is 13.0 Å². The second kappa shape index (κ2) is 10.1. The Hall–Kier alpha value is -2.81. The van der Waals surface area contributed by atoms with E-state index in [1.165, 1.54) is 41.5 Å². The molecular formula is C25H23IrNO2. The molecule has 0 amide bonds. The van der Waals surface area contributed by atoms with E-state index in [0.29, 0.717) is 0 Å². The Bertz CT molecular complexity index is 1180. The van der Waals surface area contributed by atoms with Crippen LogP contribution in [0.1, 0.15) is 19.4 Å². The predicted octanol–water partition coefficient (Wildman–Crippen LogP) is 6.17. The SMILES string of the molecule is CC(=[OH+])/C=C(/C)O.Cc1[c-]c(-c2nccc3c2ccc2ccccc23)ccc1.[Ir]. The molecule has 3 nitrogen and oxygen atoms in total. The number of pyridine rings is 1.